The van der Waals surface area contributed by atoms with Crippen molar-refractivity contribution in [3.05, 3.63) is 12.2 Å². The first kappa shape index (κ1) is 19.7. The normalized spacial score (nSPS) is 17.9. The molecule has 0 bridgehead atoms. The second-order valence-corrected chi connectivity index (χ2v) is 6.84. The lowest BCUT2D eigenvalue weighted by atomic mass is 9.83. The monoisotopic (exact) mass is 296 g/mol. The van der Waals surface area contributed by atoms with Crippen molar-refractivity contribution < 1.29 is 9.59 Å². The van der Waals surface area contributed by atoms with Crippen molar-refractivity contribution in [2.24, 2.45) is 23.5 Å². The van der Waals surface area contributed by atoms with Gasteiger partial charge in [0.1, 0.15) is 0 Å². The maximum atomic E-state index is 12.5. The van der Waals surface area contributed by atoms with Gasteiger partial charge in [-0.1, -0.05) is 32.4 Å². The molecule has 0 saturated heterocycles. The molecule has 0 unspecified atom stereocenters. The lowest BCUT2D eigenvalue weighted by Crippen LogP contribution is -2.47. The van der Waals surface area contributed by atoms with E-state index < -0.39 is 5.92 Å². The van der Waals surface area contributed by atoms with E-state index >= 15 is 0 Å². The van der Waals surface area contributed by atoms with Crippen molar-refractivity contribution in [1.82, 2.24) is 5.32 Å². The van der Waals surface area contributed by atoms with Gasteiger partial charge in [-0.3, -0.25) is 9.59 Å². The van der Waals surface area contributed by atoms with Gasteiger partial charge in [-0.25, -0.2) is 0 Å². The first-order valence-corrected chi connectivity index (χ1v) is 7.47. The van der Waals surface area contributed by atoms with Gasteiger partial charge in [-0.05, 0) is 46.5 Å². The third-order valence-corrected chi connectivity index (χ3v) is 3.60. The summed E-state index contributed by atoms with van der Waals surface area (Å²) < 4.78 is 0. The Morgan fingerprint density at radius 2 is 1.86 bits per heavy atom. The second kappa shape index (κ2) is 8.20. The molecule has 1 aliphatic carbocycles. The lowest BCUT2D eigenvalue weighted by molar-refractivity contribution is -0.134. The molecule has 3 N–H and O–H groups in total. The molecule has 0 aromatic carbocycles. The molecule has 122 valence electrons. The van der Waals surface area contributed by atoms with Crippen LogP contribution in [0.1, 0.15) is 60.8 Å². The van der Waals surface area contributed by atoms with Crippen LogP contribution in [0.2, 0.25) is 0 Å². The van der Waals surface area contributed by atoms with Gasteiger partial charge in [0.05, 0.1) is 11.8 Å². The van der Waals surface area contributed by atoms with Gasteiger partial charge in [-0.2, -0.15) is 0 Å². The number of primary amides is 1. The summed E-state index contributed by atoms with van der Waals surface area (Å²) >= 11 is 0. The lowest BCUT2D eigenvalue weighted by Gasteiger charge is -2.28. The minimum absolute atomic E-state index is 0. The van der Waals surface area contributed by atoms with Crippen LogP contribution in [0.15, 0.2) is 12.2 Å². The van der Waals surface area contributed by atoms with E-state index in [1.54, 1.807) is 0 Å². The predicted octanol–water partition coefficient (Wildman–Crippen LogP) is 3.02. The minimum atomic E-state index is -0.408. The molecule has 2 atom stereocenters. The minimum Gasteiger partial charge on any atom is -0.369 e. The number of carbonyl (C=O) groups is 2. The van der Waals surface area contributed by atoms with E-state index in [4.69, 9.17) is 5.73 Å². The molecule has 0 heterocycles. The van der Waals surface area contributed by atoms with Crippen LogP contribution in [-0.2, 0) is 9.59 Å². The fourth-order valence-electron chi connectivity index (χ4n) is 2.39. The molecule has 0 aliphatic heterocycles. The number of carbonyl (C=O) groups excluding carboxylic acids is 2. The van der Waals surface area contributed by atoms with Gasteiger partial charge in [0.25, 0.3) is 0 Å². The van der Waals surface area contributed by atoms with Crippen LogP contribution in [0.3, 0.4) is 0 Å². The third-order valence-electron chi connectivity index (χ3n) is 3.60. The Balaban J connectivity index is 0.00000400. The number of nitrogens with one attached hydrogen (secondary N) is 1. The number of nitrogens with two attached hydrogens (primary N) is 1. The summed E-state index contributed by atoms with van der Waals surface area (Å²) in [6, 6.07) is 0. The molecule has 4 heteroatoms. The zero-order chi connectivity index (χ0) is 15.3. The van der Waals surface area contributed by atoms with Gasteiger partial charge in [-0.15, -0.1) is 0 Å². The van der Waals surface area contributed by atoms with Crippen LogP contribution in [0.4, 0.5) is 0 Å². The molecule has 1 aliphatic rings. The maximum absolute atomic E-state index is 12.5. The predicted molar refractivity (Wildman–Crippen MR) is 87.6 cm³/mol. The molecule has 1 saturated carbocycles. The van der Waals surface area contributed by atoms with Crippen LogP contribution in [-0.4, -0.2) is 17.4 Å². The Kier molecular flexibility index (Phi) is 7.69. The number of amides is 2. The molecule has 0 spiro atoms. The number of hydrogen-bond donors (Lipinski definition) is 2. The number of rotatable bonds is 7. The summed E-state index contributed by atoms with van der Waals surface area (Å²) in [6.45, 7) is 7.75. The Bertz CT molecular complexity index is 379. The topological polar surface area (TPSA) is 72.2 Å². The highest BCUT2D eigenvalue weighted by atomic mass is 16.2. The summed E-state index contributed by atoms with van der Waals surface area (Å²) in [5, 5.41) is 2.99. The quantitative estimate of drug-likeness (QED) is 0.709. The molecule has 1 fully saturated rings. The fraction of sp³-hybridized carbons (Fsp3) is 0.765. The van der Waals surface area contributed by atoms with Crippen molar-refractivity contribution >= 4 is 11.8 Å². The molecular weight excluding hydrogens is 264 g/mol. The number of allylic oxidation sites excluding steroid dienone is 2. The van der Waals surface area contributed by atoms with E-state index in [1.807, 2.05) is 39.8 Å². The van der Waals surface area contributed by atoms with Gasteiger partial charge in [0, 0.05) is 5.54 Å². The molecule has 4 nitrogen and oxygen atoms in total. The van der Waals surface area contributed by atoms with Gasteiger partial charge in [0.15, 0.2) is 0 Å². The van der Waals surface area contributed by atoms with Crippen LogP contribution in [0.25, 0.3) is 0 Å². The first-order chi connectivity index (χ1) is 9.24. The standard InChI is InChI=1S/C16H28N2O2.CH4/c1-5-6-7-12(14(17)19)13(10-11-8-9-11)15(20)18-16(2,3)4;/h5-6,11-13H,7-10H2,1-4H3,(H2,17,19)(H,18,20);1H4/b6-5+;/t12-,13+;/m0./s1. The van der Waals surface area contributed by atoms with E-state index in [2.05, 4.69) is 5.32 Å². The second-order valence-electron chi connectivity index (χ2n) is 6.84. The van der Waals surface area contributed by atoms with Crippen LogP contribution in [0, 0.1) is 17.8 Å². The van der Waals surface area contributed by atoms with E-state index in [0.29, 0.717) is 12.3 Å². The van der Waals surface area contributed by atoms with Crippen molar-refractivity contribution in [3.8, 4) is 0 Å². The van der Waals surface area contributed by atoms with E-state index in [9.17, 15) is 9.59 Å². The van der Waals surface area contributed by atoms with Crippen molar-refractivity contribution in [1.29, 1.82) is 0 Å². The molecule has 21 heavy (non-hydrogen) atoms. The average molecular weight is 296 g/mol. The molecular formula is C17H32N2O2. The SMILES string of the molecule is C.C/C=C/C[C@H](C(N)=O)[C@@H](CC1CC1)C(=O)NC(C)(C)C. The van der Waals surface area contributed by atoms with E-state index in [1.165, 1.54) is 0 Å². The Morgan fingerprint density at radius 1 is 1.29 bits per heavy atom. The van der Waals surface area contributed by atoms with Crippen LogP contribution >= 0.6 is 0 Å². The Morgan fingerprint density at radius 3 is 2.24 bits per heavy atom. The smallest absolute Gasteiger partial charge is 0.224 e. The van der Waals surface area contributed by atoms with Crippen LogP contribution in [0.5, 0.6) is 0 Å². The Hall–Kier alpha value is -1.32. The Labute approximate surface area is 129 Å². The van der Waals surface area contributed by atoms with Crippen molar-refractivity contribution in [2.75, 3.05) is 0 Å². The summed E-state index contributed by atoms with van der Waals surface area (Å²) in [6.07, 6.45) is 7.45. The van der Waals surface area contributed by atoms with Gasteiger partial charge >= 0.3 is 0 Å². The van der Waals surface area contributed by atoms with Gasteiger partial charge in [0.2, 0.25) is 11.8 Å². The maximum Gasteiger partial charge on any atom is 0.224 e. The molecule has 0 radical (unpaired) electrons. The van der Waals surface area contributed by atoms with Crippen molar-refractivity contribution in [3.63, 3.8) is 0 Å². The zero-order valence-electron chi connectivity index (χ0n) is 13.1. The van der Waals surface area contributed by atoms with Crippen LogP contribution < -0.4 is 11.1 Å². The molecule has 0 aromatic heterocycles. The van der Waals surface area contributed by atoms with Gasteiger partial charge < -0.3 is 11.1 Å². The van der Waals surface area contributed by atoms with E-state index in [-0.39, 0.29) is 30.7 Å². The highest BCUT2D eigenvalue weighted by Gasteiger charge is 2.37. The summed E-state index contributed by atoms with van der Waals surface area (Å²) in [7, 11) is 0. The summed E-state index contributed by atoms with van der Waals surface area (Å²) in [5.74, 6) is -0.557. The molecule has 0 aromatic rings. The first-order valence-electron chi connectivity index (χ1n) is 7.47. The third kappa shape index (κ3) is 7.30. The van der Waals surface area contributed by atoms with Crippen molar-refractivity contribution in [2.45, 2.75) is 66.3 Å². The average Bonchev–Trinajstić information content (AvgIpc) is 3.09. The number of hydrogen-bond acceptors (Lipinski definition) is 2. The fourth-order valence-corrected chi connectivity index (χ4v) is 2.39. The largest absolute Gasteiger partial charge is 0.369 e. The highest BCUT2D eigenvalue weighted by Crippen LogP contribution is 2.38. The zero-order valence-corrected chi connectivity index (χ0v) is 13.1. The molecule has 1 rings (SSSR count). The highest BCUT2D eigenvalue weighted by molar-refractivity contribution is 5.87. The summed E-state index contributed by atoms with van der Waals surface area (Å²) in [5.41, 5.74) is 5.23. The molecule has 2 amide bonds. The summed E-state index contributed by atoms with van der Waals surface area (Å²) in [4.78, 5) is 24.2. The van der Waals surface area contributed by atoms with E-state index in [0.717, 1.165) is 19.3 Å².